The van der Waals surface area contributed by atoms with E-state index in [0.29, 0.717) is 12.3 Å². The molecule has 0 radical (unpaired) electrons. The van der Waals surface area contributed by atoms with Gasteiger partial charge in [-0.05, 0) is 50.3 Å². The fourth-order valence-electron chi connectivity index (χ4n) is 6.40. The van der Waals surface area contributed by atoms with Crippen LogP contribution >= 0.6 is 0 Å². The number of carbonyl (C=O) groups is 2. The van der Waals surface area contributed by atoms with Crippen molar-refractivity contribution in [3.63, 3.8) is 0 Å². The summed E-state index contributed by atoms with van der Waals surface area (Å²) >= 11 is 0. The van der Waals surface area contributed by atoms with E-state index < -0.39 is 0 Å². The Kier molecular flexibility index (Phi) is 6.21. The molecule has 174 valence electrons. The highest BCUT2D eigenvalue weighted by molar-refractivity contribution is 5.89. The third kappa shape index (κ3) is 4.17. The van der Waals surface area contributed by atoms with Crippen LogP contribution in [-0.4, -0.2) is 94.8 Å². The van der Waals surface area contributed by atoms with E-state index in [1.807, 2.05) is 11.1 Å². The number of aromatic nitrogens is 1. The number of nitrogens with zero attached hydrogens (tertiary/aromatic N) is 5. The van der Waals surface area contributed by atoms with Gasteiger partial charge in [0, 0.05) is 70.4 Å². The van der Waals surface area contributed by atoms with Gasteiger partial charge in [-0.1, -0.05) is 13.0 Å². The van der Waals surface area contributed by atoms with E-state index in [2.05, 4.69) is 45.8 Å². The normalized spacial score (nSPS) is 31.5. The molecule has 0 aromatic carbocycles. The number of rotatable bonds is 4. The number of piperidine rings is 3. The lowest BCUT2D eigenvalue weighted by atomic mass is 9.71. The standard InChI is InChI=1S/C25H37N5O2/c1-3-18-7-8-21(26-14-18)17-28-15-19-13-20(16-28)24(30-22(19)5-4-6-23(30)31)25(32)29-11-9-27(2)10-12-29/h7-8,14,19-20,22,24H,3-6,9-13,15-17H2,1-2H3/t19-,20+,22-,24+/m0/s1. The zero-order valence-electron chi connectivity index (χ0n) is 19.6. The molecule has 4 saturated heterocycles. The summed E-state index contributed by atoms with van der Waals surface area (Å²) in [5, 5.41) is 0. The predicted octanol–water partition coefficient (Wildman–Crippen LogP) is 1.62. The first-order valence-corrected chi connectivity index (χ1v) is 12.5. The van der Waals surface area contributed by atoms with Crippen molar-refractivity contribution in [3.8, 4) is 0 Å². The van der Waals surface area contributed by atoms with Crippen molar-refractivity contribution in [3.05, 3.63) is 29.6 Å². The minimum Gasteiger partial charge on any atom is -0.338 e. The topological polar surface area (TPSA) is 60.0 Å². The Morgan fingerprint density at radius 2 is 1.91 bits per heavy atom. The second-order valence-electron chi connectivity index (χ2n) is 10.3. The van der Waals surface area contributed by atoms with Gasteiger partial charge in [0.25, 0.3) is 0 Å². The highest BCUT2D eigenvalue weighted by Crippen LogP contribution is 2.42. The first-order valence-electron chi connectivity index (χ1n) is 12.5. The monoisotopic (exact) mass is 439 g/mol. The molecule has 4 fully saturated rings. The molecule has 0 unspecified atom stereocenters. The summed E-state index contributed by atoms with van der Waals surface area (Å²) < 4.78 is 0. The van der Waals surface area contributed by atoms with Crippen LogP contribution in [0.25, 0.3) is 0 Å². The first kappa shape index (κ1) is 21.8. The molecule has 32 heavy (non-hydrogen) atoms. The number of fused-ring (bicyclic) bond motifs is 4. The largest absolute Gasteiger partial charge is 0.338 e. The van der Waals surface area contributed by atoms with Gasteiger partial charge in [-0.25, -0.2) is 0 Å². The Morgan fingerprint density at radius 1 is 1.12 bits per heavy atom. The fraction of sp³-hybridized carbons (Fsp3) is 0.720. The van der Waals surface area contributed by atoms with Crippen molar-refractivity contribution in [2.45, 2.75) is 57.7 Å². The molecule has 0 spiro atoms. The van der Waals surface area contributed by atoms with Crippen LogP contribution in [0.1, 0.15) is 43.9 Å². The Labute approximate surface area is 191 Å². The Hall–Kier alpha value is -1.99. The maximum atomic E-state index is 13.8. The summed E-state index contributed by atoms with van der Waals surface area (Å²) in [6, 6.07) is 4.25. The van der Waals surface area contributed by atoms with E-state index in [1.54, 1.807) is 0 Å². The number of piperazine rings is 1. The smallest absolute Gasteiger partial charge is 0.245 e. The molecular formula is C25H37N5O2. The van der Waals surface area contributed by atoms with Crippen LogP contribution < -0.4 is 0 Å². The van der Waals surface area contributed by atoms with Gasteiger partial charge in [0.1, 0.15) is 6.04 Å². The molecular weight excluding hydrogens is 402 g/mol. The summed E-state index contributed by atoms with van der Waals surface area (Å²) in [5.74, 6) is 1.07. The summed E-state index contributed by atoms with van der Waals surface area (Å²) in [5.41, 5.74) is 2.36. The lowest BCUT2D eigenvalue weighted by Crippen LogP contribution is -2.69. The molecule has 0 N–H and O–H groups in total. The highest BCUT2D eigenvalue weighted by Gasteiger charge is 2.52. The zero-order chi connectivity index (χ0) is 22.2. The lowest BCUT2D eigenvalue weighted by Gasteiger charge is -2.56. The molecule has 5 rings (SSSR count). The van der Waals surface area contributed by atoms with Crippen molar-refractivity contribution in [2.75, 3.05) is 46.3 Å². The van der Waals surface area contributed by atoms with Crippen LogP contribution in [0.5, 0.6) is 0 Å². The third-order valence-electron chi connectivity index (χ3n) is 8.16. The Bertz CT molecular complexity index is 835. The average molecular weight is 440 g/mol. The summed E-state index contributed by atoms with van der Waals surface area (Å²) in [4.78, 5) is 40.4. The van der Waals surface area contributed by atoms with E-state index >= 15 is 0 Å². The molecule has 0 saturated carbocycles. The fourth-order valence-corrected chi connectivity index (χ4v) is 6.40. The highest BCUT2D eigenvalue weighted by atomic mass is 16.2. The SMILES string of the molecule is CCc1ccc(CN2C[C@@H]3C[C@H](C2)[C@H](C(=O)N2CCN(C)CC2)N2C(=O)CCC[C@@H]32)nc1. The molecule has 5 heterocycles. The first-order chi connectivity index (χ1) is 15.5. The number of likely N-dealkylation sites (tertiary alicyclic amines) is 1. The van der Waals surface area contributed by atoms with Crippen molar-refractivity contribution in [1.29, 1.82) is 0 Å². The minimum atomic E-state index is -0.286. The van der Waals surface area contributed by atoms with Crippen molar-refractivity contribution in [1.82, 2.24) is 24.6 Å². The summed E-state index contributed by atoms with van der Waals surface area (Å²) in [7, 11) is 2.11. The van der Waals surface area contributed by atoms with Gasteiger partial charge in [-0.2, -0.15) is 0 Å². The molecule has 4 atom stereocenters. The van der Waals surface area contributed by atoms with Gasteiger partial charge in [-0.3, -0.25) is 19.5 Å². The van der Waals surface area contributed by atoms with Gasteiger partial charge in [0.2, 0.25) is 11.8 Å². The van der Waals surface area contributed by atoms with E-state index in [4.69, 9.17) is 0 Å². The van der Waals surface area contributed by atoms with Crippen LogP contribution in [0.2, 0.25) is 0 Å². The van der Waals surface area contributed by atoms with E-state index in [1.165, 1.54) is 5.56 Å². The summed E-state index contributed by atoms with van der Waals surface area (Å²) in [6.07, 6.45) is 6.64. The molecule has 2 amide bonds. The number of carbonyl (C=O) groups excluding carboxylic acids is 2. The number of hydrogen-bond acceptors (Lipinski definition) is 5. The van der Waals surface area contributed by atoms with Crippen LogP contribution in [0, 0.1) is 11.8 Å². The molecule has 1 aromatic heterocycles. The van der Waals surface area contributed by atoms with Crippen molar-refractivity contribution in [2.24, 2.45) is 11.8 Å². The van der Waals surface area contributed by atoms with Crippen molar-refractivity contribution >= 4 is 11.8 Å². The number of likely N-dealkylation sites (N-methyl/N-ethyl adjacent to an activating group) is 1. The molecule has 0 aliphatic carbocycles. The second kappa shape index (κ2) is 9.10. The van der Waals surface area contributed by atoms with Crippen LogP contribution in [0.3, 0.4) is 0 Å². The molecule has 4 aliphatic rings. The average Bonchev–Trinajstić information content (AvgIpc) is 2.80. The number of aryl methyl sites for hydroxylation is 1. The Morgan fingerprint density at radius 3 is 2.62 bits per heavy atom. The maximum absolute atomic E-state index is 13.8. The van der Waals surface area contributed by atoms with Crippen LogP contribution in [0.15, 0.2) is 18.3 Å². The zero-order valence-corrected chi connectivity index (χ0v) is 19.6. The van der Waals surface area contributed by atoms with Gasteiger partial charge in [-0.15, -0.1) is 0 Å². The molecule has 7 nitrogen and oxygen atoms in total. The minimum absolute atomic E-state index is 0.189. The van der Waals surface area contributed by atoms with Gasteiger partial charge in [0.15, 0.2) is 0 Å². The van der Waals surface area contributed by atoms with E-state index in [-0.39, 0.29) is 29.8 Å². The molecule has 2 bridgehead atoms. The number of pyridine rings is 1. The predicted molar refractivity (Wildman–Crippen MR) is 123 cm³/mol. The van der Waals surface area contributed by atoms with Crippen LogP contribution in [0.4, 0.5) is 0 Å². The van der Waals surface area contributed by atoms with Crippen LogP contribution in [-0.2, 0) is 22.6 Å². The second-order valence-corrected chi connectivity index (χ2v) is 10.3. The molecule has 7 heteroatoms. The van der Waals surface area contributed by atoms with Gasteiger partial charge >= 0.3 is 0 Å². The maximum Gasteiger partial charge on any atom is 0.245 e. The number of amides is 2. The summed E-state index contributed by atoms with van der Waals surface area (Å²) in [6.45, 7) is 8.21. The van der Waals surface area contributed by atoms with E-state index in [9.17, 15) is 9.59 Å². The molecule has 1 aromatic rings. The van der Waals surface area contributed by atoms with Gasteiger partial charge < -0.3 is 14.7 Å². The number of hydrogen-bond donors (Lipinski definition) is 0. The van der Waals surface area contributed by atoms with Crippen molar-refractivity contribution < 1.29 is 9.59 Å². The Balaban J connectivity index is 1.37. The lowest BCUT2D eigenvalue weighted by molar-refractivity contribution is -0.166. The van der Waals surface area contributed by atoms with E-state index in [0.717, 1.165) is 77.2 Å². The third-order valence-corrected chi connectivity index (χ3v) is 8.16. The quantitative estimate of drug-likeness (QED) is 0.714. The molecule has 4 aliphatic heterocycles. The van der Waals surface area contributed by atoms with Gasteiger partial charge in [0.05, 0.1) is 5.69 Å².